The predicted octanol–water partition coefficient (Wildman–Crippen LogP) is 16.8. The van der Waals surface area contributed by atoms with Gasteiger partial charge in [0.05, 0.1) is 28.0 Å². The Morgan fingerprint density at radius 1 is 0.333 bits per heavy atom. The van der Waals surface area contributed by atoms with Crippen molar-refractivity contribution in [3.63, 3.8) is 0 Å². The van der Waals surface area contributed by atoms with Gasteiger partial charge in [0.2, 0.25) is 0 Å². The maximum Gasteiger partial charge on any atom is 0.145 e. The van der Waals surface area contributed by atoms with E-state index in [2.05, 4.69) is 252 Å². The van der Waals surface area contributed by atoms with Crippen LogP contribution in [-0.2, 0) is 0 Å². The zero-order chi connectivity index (χ0) is 41.7. The average Bonchev–Trinajstić information content (AvgIpc) is 3.91. The van der Waals surface area contributed by atoms with E-state index >= 15 is 0 Å². The molecule has 0 fully saturated rings. The van der Waals surface area contributed by atoms with Crippen molar-refractivity contribution in [1.29, 1.82) is 0 Å². The number of rotatable bonds is 8. The van der Waals surface area contributed by atoms with E-state index in [0.29, 0.717) is 0 Å². The van der Waals surface area contributed by atoms with Crippen molar-refractivity contribution in [2.24, 2.45) is 0 Å². The molecule has 2 heterocycles. The maximum absolute atomic E-state index is 7.06. The molecule has 0 unspecified atom stereocenters. The SMILES string of the molecule is c1ccc(-c2ccc(N(c3ccc(-c4ccccc4)c(-c4ccccc4)c3)c3ccc4c(oc5ccccc54)c3-c3ccccc3-n3c4ccccc4c4ccccc43)cc2)cc1. The highest BCUT2D eigenvalue weighted by Gasteiger charge is 2.26. The molecule has 0 bridgehead atoms. The van der Waals surface area contributed by atoms with Gasteiger partial charge < -0.3 is 13.9 Å². The topological polar surface area (TPSA) is 21.3 Å². The van der Waals surface area contributed by atoms with Gasteiger partial charge in [-0.2, -0.15) is 0 Å². The zero-order valence-electron chi connectivity index (χ0n) is 34.4. The molecule has 0 saturated carbocycles. The van der Waals surface area contributed by atoms with Gasteiger partial charge in [0.15, 0.2) is 0 Å². The number of nitrogens with zero attached hydrogens (tertiary/aromatic N) is 2. The Morgan fingerprint density at radius 3 is 1.54 bits per heavy atom. The molecular formula is C60H40N2O. The van der Waals surface area contributed by atoms with E-state index in [-0.39, 0.29) is 0 Å². The summed E-state index contributed by atoms with van der Waals surface area (Å²) >= 11 is 0. The van der Waals surface area contributed by atoms with Crippen LogP contribution in [0.3, 0.4) is 0 Å². The van der Waals surface area contributed by atoms with E-state index in [1.54, 1.807) is 0 Å². The summed E-state index contributed by atoms with van der Waals surface area (Å²) in [6.45, 7) is 0. The lowest BCUT2D eigenvalue weighted by Crippen LogP contribution is -2.12. The van der Waals surface area contributed by atoms with E-state index in [4.69, 9.17) is 4.42 Å². The second kappa shape index (κ2) is 15.3. The summed E-state index contributed by atoms with van der Waals surface area (Å²) in [5.74, 6) is 0. The third-order valence-corrected chi connectivity index (χ3v) is 12.4. The molecule has 0 atom stereocenters. The predicted molar refractivity (Wildman–Crippen MR) is 264 cm³/mol. The fourth-order valence-corrected chi connectivity index (χ4v) is 9.55. The molecule has 0 aliphatic heterocycles. The van der Waals surface area contributed by atoms with Crippen molar-refractivity contribution >= 4 is 60.8 Å². The van der Waals surface area contributed by atoms with Crippen molar-refractivity contribution in [1.82, 2.24) is 4.57 Å². The number of hydrogen-bond acceptors (Lipinski definition) is 2. The van der Waals surface area contributed by atoms with Crippen LogP contribution in [-0.4, -0.2) is 4.57 Å². The van der Waals surface area contributed by atoms with Crippen LogP contribution in [0.1, 0.15) is 0 Å². The van der Waals surface area contributed by atoms with Gasteiger partial charge in [0.1, 0.15) is 11.2 Å². The lowest BCUT2D eigenvalue weighted by atomic mass is 9.93. The van der Waals surface area contributed by atoms with Crippen molar-refractivity contribution in [2.45, 2.75) is 0 Å². The molecule has 0 aliphatic rings. The van der Waals surface area contributed by atoms with Crippen LogP contribution in [0.4, 0.5) is 17.1 Å². The number of furan rings is 1. The number of benzene rings is 10. The van der Waals surface area contributed by atoms with Gasteiger partial charge in [0, 0.05) is 38.5 Å². The molecule has 0 amide bonds. The zero-order valence-corrected chi connectivity index (χ0v) is 34.4. The smallest absolute Gasteiger partial charge is 0.145 e. The molecule has 3 nitrogen and oxygen atoms in total. The highest BCUT2D eigenvalue weighted by atomic mass is 16.3. The third-order valence-electron chi connectivity index (χ3n) is 12.4. The van der Waals surface area contributed by atoms with Crippen molar-refractivity contribution in [3.8, 4) is 50.2 Å². The Kier molecular flexibility index (Phi) is 8.83. The number of aromatic nitrogens is 1. The third kappa shape index (κ3) is 6.21. The Hall–Kier alpha value is -8.40. The average molecular weight is 805 g/mol. The molecule has 0 N–H and O–H groups in total. The summed E-state index contributed by atoms with van der Waals surface area (Å²) in [4.78, 5) is 2.42. The lowest BCUT2D eigenvalue weighted by molar-refractivity contribution is 0.670. The molecule has 63 heavy (non-hydrogen) atoms. The monoisotopic (exact) mass is 804 g/mol. The number of para-hydroxylation sites is 4. The first-order valence-corrected chi connectivity index (χ1v) is 21.5. The van der Waals surface area contributed by atoms with Gasteiger partial charge in [-0.3, -0.25) is 0 Å². The summed E-state index contributed by atoms with van der Waals surface area (Å²) in [6.07, 6.45) is 0. The molecule has 0 radical (unpaired) electrons. The van der Waals surface area contributed by atoms with Crippen LogP contribution in [0.15, 0.2) is 247 Å². The van der Waals surface area contributed by atoms with Gasteiger partial charge >= 0.3 is 0 Å². The Labute approximate surface area is 366 Å². The van der Waals surface area contributed by atoms with Gasteiger partial charge in [0.25, 0.3) is 0 Å². The number of anilines is 3. The number of hydrogen-bond donors (Lipinski definition) is 0. The summed E-state index contributed by atoms with van der Waals surface area (Å²) in [5.41, 5.74) is 17.2. The second-order valence-electron chi connectivity index (χ2n) is 16.0. The van der Waals surface area contributed by atoms with Gasteiger partial charge in [-0.1, -0.05) is 182 Å². The minimum Gasteiger partial charge on any atom is -0.455 e. The fraction of sp³-hybridized carbons (Fsp3) is 0. The first-order chi connectivity index (χ1) is 31.3. The van der Waals surface area contributed by atoms with Gasteiger partial charge in [-0.05, 0) is 94.0 Å². The van der Waals surface area contributed by atoms with Gasteiger partial charge in [-0.25, -0.2) is 0 Å². The van der Waals surface area contributed by atoms with Gasteiger partial charge in [-0.15, -0.1) is 0 Å². The highest BCUT2D eigenvalue weighted by Crippen LogP contribution is 2.50. The largest absolute Gasteiger partial charge is 0.455 e. The molecule has 0 aliphatic carbocycles. The molecule has 0 spiro atoms. The van der Waals surface area contributed by atoms with Crippen LogP contribution in [0.2, 0.25) is 0 Å². The molecule has 296 valence electrons. The standard InChI is InChI=1S/C60H40N2O/c1-4-18-41(19-5-1)42-32-34-45(35-33-42)61(46-36-37-47(43-20-6-2-7-21-43)53(40-46)44-22-8-3-9-23-44)57-39-38-51-50-26-13-17-31-58(50)63-60(51)59(57)52-27-12-16-30-56(52)62-54-28-14-10-24-48(54)49-25-11-15-29-55(49)62/h1-40H. The quantitative estimate of drug-likeness (QED) is 0.153. The summed E-state index contributed by atoms with van der Waals surface area (Å²) in [5, 5.41) is 4.60. The van der Waals surface area contributed by atoms with Crippen molar-refractivity contribution in [2.75, 3.05) is 4.90 Å². The normalized spacial score (nSPS) is 11.5. The van der Waals surface area contributed by atoms with Crippen molar-refractivity contribution < 1.29 is 4.42 Å². The Balaban J connectivity index is 1.17. The van der Waals surface area contributed by atoms with Crippen LogP contribution >= 0.6 is 0 Å². The first-order valence-electron chi connectivity index (χ1n) is 21.5. The fourth-order valence-electron chi connectivity index (χ4n) is 9.55. The van der Waals surface area contributed by atoms with E-state index < -0.39 is 0 Å². The molecule has 3 heteroatoms. The van der Waals surface area contributed by atoms with Crippen LogP contribution in [0.5, 0.6) is 0 Å². The van der Waals surface area contributed by atoms with Crippen LogP contribution < -0.4 is 4.90 Å². The molecule has 12 rings (SSSR count). The highest BCUT2D eigenvalue weighted by molar-refractivity contribution is 6.15. The molecule has 0 saturated heterocycles. The van der Waals surface area contributed by atoms with E-state index in [9.17, 15) is 0 Å². The lowest BCUT2D eigenvalue weighted by Gasteiger charge is -2.29. The molecule has 10 aromatic carbocycles. The first kappa shape index (κ1) is 36.5. The number of fused-ring (bicyclic) bond motifs is 6. The van der Waals surface area contributed by atoms with Crippen LogP contribution in [0, 0.1) is 0 Å². The summed E-state index contributed by atoms with van der Waals surface area (Å²) in [7, 11) is 0. The Morgan fingerprint density at radius 2 is 0.857 bits per heavy atom. The van der Waals surface area contributed by atoms with Crippen molar-refractivity contribution in [3.05, 3.63) is 243 Å². The summed E-state index contributed by atoms with van der Waals surface area (Å²) < 4.78 is 9.48. The van der Waals surface area contributed by atoms with E-state index in [0.717, 1.165) is 83.5 Å². The molecular weight excluding hydrogens is 765 g/mol. The minimum atomic E-state index is 0.844. The van der Waals surface area contributed by atoms with Crippen LogP contribution in [0.25, 0.3) is 93.9 Å². The van der Waals surface area contributed by atoms with E-state index in [1.165, 1.54) is 27.5 Å². The van der Waals surface area contributed by atoms with E-state index in [1.807, 2.05) is 0 Å². The molecule has 2 aromatic heterocycles. The second-order valence-corrected chi connectivity index (χ2v) is 16.0. The summed E-state index contributed by atoms with van der Waals surface area (Å²) in [6, 6.07) is 87.1. The minimum absolute atomic E-state index is 0.844. The Bertz CT molecular complexity index is 3550. The molecule has 12 aromatic rings. The maximum atomic E-state index is 7.06.